The molecule has 1 heterocycles. The van der Waals surface area contributed by atoms with Gasteiger partial charge >= 0.3 is 0 Å². The summed E-state index contributed by atoms with van der Waals surface area (Å²) in [6.45, 7) is 0. The molecule has 0 aliphatic carbocycles. The van der Waals surface area contributed by atoms with Crippen molar-refractivity contribution in [2.75, 3.05) is 9.80 Å². The summed E-state index contributed by atoms with van der Waals surface area (Å²) in [6, 6.07) is 102. The number of nitrogens with zero attached hydrogens (tertiary/aromatic N) is 2. The number of hydrogen-bond acceptors (Lipinski definition) is 3. The molecule has 334 valence electrons. The minimum Gasteiger partial charge on any atom is -0.310 e. The SMILES string of the molecule is c1ccc(-c2c(-c3ccc(N(c4ccccc4)c4cc5ccccc5c5ccccc45)cc3)sc(-c3ccc(N(c4ccccc4)c4cc5ccccc5c5ccccc45)cc3)c2-c2ccccc2)cc1. The van der Waals surface area contributed by atoms with E-state index >= 15 is 0 Å². The fourth-order valence-corrected chi connectivity index (χ4v) is 11.9. The highest BCUT2D eigenvalue weighted by molar-refractivity contribution is 7.20. The summed E-state index contributed by atoms with van der Waals surface area (Å²) in [6.07, 6.45) is 0. The Bertz CT molecular complexity index is 3750. The number of benzene rings is 12. The van der Waals surface area contributed by atoms with Crippen LogP contribution in [-0.4, -0.2) is 0 Å². The number of anilines is 6. The Morgan fingerprint density at radius 1 is 0.225 bits per heavy atom. The third-order valence-electron chi connectivity index (χ3n) is 13.8. The van der Waals surface area contributed by atoms with Gasteiger partial charge in [-0.15, -0.1) is 11.3 Å². The maximum absolute atomic E-state index is 2.41. The first-order valence-corrected chi connectivity index (χ1v) is 25.1. The highest BCUT2D eigenvalue weighted by Gasteiger charge is 2.25. The van der Waals surface area contributed by atoms with E-state index in [1.165, 1.54) is 86.2 Å². The largest absolute Gasteiger partial charge is 0.310 e. The minimum atomic E-state index is 1.10. The van der Waals surface area contributed by atoms with E-state index in [9.17, 15) is 0 Å². The summed E-state index contributed by atoms with van der Waals surface area (Å²) in [5.41, 5.74) is 13.9. The van der Waals surface area contributed by atoms with Crippen molar-refractivity contribution >= 4 is 88.6 Å². The van der Waals surface area contributed by atoms with Crippen molar-refractivity contribution in [1.82, 2.24) is 0 Å². The molecule has 0 fully saturated rings. The van der Waals surface area contributed by atoms with E-state index in [-0.39, 0.29) is 0 Å². The van der Waals surface area contributed by atoms with Crippen LogP contribution in [-0.2, 0) is 0 Å². The average Bonchev–Trinajstić information content (AvgIpc) is 3.86. The first-order valence-electron chi connectivity index (χ1n) is 24.2. The van der Waals surface area contributed by atoms with Crippen molar-refractivity contribution in [2.45, 2.75) is 0 Å². The molecule has 1 aromatic heterocycles. The molecule has 0 amide bonds. The van der Waals surface area contributed by atoms with Crippen LogP contribution in [0.15, 0.2) is 279 Å². The van der Waals surface area contributed by atoms with Gasteiger partial charge in [-0.05, 0) is 115 Å². The molecule has 0 unspecified atom stereocenters. The van der Waals surface area contributed by atoms with Crippen LogP contribution in [0.1, 0.15) is 0 Å². The first-order chi connectivity index (χ1) is 35.2. The number of para-hydroxylation sites is 2. The first kappa shape index (κ1) is 42.1. The quantitative estimate of drug-likeness (QED) is 0.126. The van der Waals surface area contributed by atoms with E-state index in [1.54, 1.807) is 0 Å². The van der Waals surface area contributed by atoms with Gasteiger partial charge in [-0.3, -0.25) is 0 Å². The van der Waals surface area contributed by atoms with Crippen LogP contribution in [0.5, 0.6) is 0 Å². The maximum Gasteiger partial charge on any atom is 0.0546 e. The maximum atomic E-state index is 2.41. The predicted octanol–water partition coefficient (Wildman–Crippen LogP) is 20.0. The average molecular weight is 923 g/mol. The molecule has 0 radical (unpaired) electrons. The summed E-state index contributed by atoms with van der Waals surface area (Å²) in [5, 5.41) is 9.86. The molecule has 0 aliphatic heterocycles. The molecule has 0 N–H and O–H groups in total. The van der Waals surface area contributed by atoms with E-state index in [0.29, 0.717) is 0 Å². The second-order valence-electron chi connectivity index (χ2n) is 18.0. The topological polar surface area (TPSA) is 6.48 Å². The van der Waals surface area contributed by atoms with Gasteiger partial charge in [-0.2, -0.15) is 0 Å². The van der Waals surface area contributed by atoms with Gasteiger partial charge in [-0.1, -0.05) is 218 Å². The molecular formula is C68H46N2S. The van der Waals surface area contributed by atoms with Crippen LogP contribution in [0.3, 0.4) is 0 Å². The Kier molecular flexibility index (Phi) is 10.8. The summed E-state index contributed by atoms with van der Waals surface area (Å²) < 4.78 is 0. The minimum absolute atomic E-state index is 1.10. The van der Waals surface area contributed by atoms with Gasteiger partial charge in [0.05, 0.1) is 11.4 Å². The molecule has 3 heteroatoms. The second kappa shape index (κ2) is 18.1. The molecule has 71 heavy (non-hydrogen) atoms. The fraction of sp³-hybridized carbons (Fsp3) is 0. The van der Waals surface area contributed by atoms with Crippen LogP contribution < -0.4 is 9.80 Å². The van der Waals surface area contributed by atoms with Gasteiger partial charge in [0.15, 0.2) is 0 Å². The van der Waals surface area contributed by atoms with Crippen molar-refractivity contribution in [3.8, 4) is 43.1 Å². The smallest absolute Gasteiger partial charge is 0.0546 e. The van der Waals surface area contributed by atoms with Gasteiger partial charge in [0.25, 0.3) is 0 Å². The number of thiophene rings is 1. The molecule has 12 aromatic carbocycles. The third-order valence-corrected chi connectivity index (χ3v) is 15.1. The van der Waals surface area contributed by atoms with Gasteiger partial charge in [0.1, 0.15) is 0 Å². The van der Waals surface area contributed by atoms with Crippen LogP contribution >= 0.6 is 11.3 Å². The van der Waals surface area contributed by atoms with Crippen LogP contribution in [0.25, 0.3) is 86.2 Å². The lowest BCUT2D eigenvalue weighted by Gasteiger charge is -2.27. The number of fused-ring (bicyclic) bond motifs is 6. The Balaban J connectivity index is 0.970. The fourth-order valence-electron chi connectivity index (χ4n) is 10.6. The van der Waals surface area contributed by atoms with Crippen LogP contribution in [0, 0.1) is 0 Å². The normalized spacial score (nSPS) is 11.4. The van der Waals surface area contributed by atoms with Gasteiger partial charge in [0, 0.05) is 54.4 Å². The van der Waals surface area contributed by atoms with Crippen LogP contribution in [0.4, 0.5) is 34.1 Å². The highest BCUT2D eigenvalue weighted by Crippen LogP contribution is 2.53. The number of rotatable bonds is 10. The lowest BCUT2D eigenvalue weighted by atomic mass is 9.91. The molecule has 0 saturated heterocycles. The predicted molar refractivity (Wildman–Crippen MR) is 305 cm³/mol. The Morgan fingerprint density at radius 2 is 0.521 bits per heavy atom. The summed E-state index contributed by atoms with van der Waals surface area (Å²) >= 11 is 1.88. The van der Waals surface area contributed by atoms with E-state index in [1.807, 2.05) is 11.3 Å². The zero-order valence-corrected chi connectivity index (χ0v) is 39.7. The van der Waals surface area contributed by atoms with Crippen molar-refractivity contribution in [3.63, 3.8) is 0 Å². The Hall–Kier alpha value is -9.02. The molecule has 0 saturated carbocycles. The Labute approximate surface area is 418 Å². The van der Waals surface area contributed by atoms with E-state index in [0.717, 1.165) is 34.1 Å². The molecule has 0 spiro atoms. The molecule has 0 bridgehead atoms. The number of hydrogen-bond donors (Lipinski definition) is 0. The van der Waals surface area contributed by atoms with Crippen LogP contribution in [0.2, 0.25) is 0 Å². The lowest BCUT2D eigenvalue weighted by molar-refractivity contribution is 1.30. The molecule has 0 atom stereocenters. The second-order valence-corrected chi connectivity index (χ2v) is 19.0. The Morgan fingerprint density at radius 3 is 0.901 bits per heavy atom. The van der Waals surface area contributed by atoms with E-state index in [4.69, 9.17) is 0 Å². The summed E-state index contributed by atoms with van der Waals surface area (Å²) in [7, 11) is 0. The molecule has 0 aliphatic rings. The third kappa shape index (κ3) is 7.61. The van der Waals surface area contributed by atoms with E-state index in [2.05, 4.69) is 289 Å². The summed E-state index contributed by atoms with van der Waals surface area (Å²) in [4.78, 5) is 7.29. The molecular weight excluding hydrogens is 877 g/mol. The van der Waals surface area contributed by atoms with Crippen molar-refractivity contribution < 1.29 is 0 Å². The molecule has 2 nitrogen and oxygen atoms in total. The zero-order chi connectivity index (χ0) is 47.1. The van der Waals surface area contributed by atoms with E-state index < -0.39 is 0 Å². The van der Waals surface area contributed by atoms with Gasteiger partial charge in [-0.25, -0.2) is 0 Å². The standard InChI is InChI=1S/C68H46N2S/c1-5-21-47(22-6-1)65-66(48-23-7-2-8-24-48)68(50-39-43-56(44-40-50)70(54-29-11-4-12-30-54)64-46-52-26-14-16-32-58(52)60-34-18-20-36-62(60)64)71-67(65)49-37-41-55(42-38-49)69(53-27-9-3-10-28-53)63-45-51-25-13-15-31-57(51)59-33-17-19-35-61(59)63/h1-46H. The van der Waals surface area contributed by atoms with Crippen molar-refractivity contribution in [1.29, 1.82) is 0 Å². The lowest BCUT2D eigenvalue weighted by Crippen LogP contribution is -2.10. The molecule has 13 aromatic rings. The molecule has 13 rings (SSSR count). The summed E-state index contributed by atoms with van der Waals surface area (Å²) in [5.74, 6) is 0. The monoisotopic (exact) mass is 922 g/mol. The highest BCUT2D eigenvalue weighted by atomic mass is 32.1. The van der Waals surface area contributed by atoms with Crippen molar-refractivity contribution in [2.24, 2.45) is 0 Å². The zero-order valence-electron chi connectivity index (χ0n) is 38.9. The van der Waals surface area contributed by atoms with Gasteiger partial charge < -0.3 is 9.80 Å². The van der Waals surface area contributed by atoms with Gasteiger partial charge in [0.2, 0.25) is 0 Å². The van der Waals surface area contributed by atoms with Crippen molar-refractivity contribution in [3.05, 3.63) is 279 Å².